The summed E-state index contributed by atoms with van der Waals surface area (Å²) in [6.45, 7) is 1.83. The molecule has 15 heavy (non-hydrogen) atoms. The van der Waals surface area contributed by atoms with E-state index in [0.29, 0.717) is 5.04 Å². The molecule has 2 rings (SSSR count). The van der Waals surface area contributed by atoms with Gasteiger partial charge < -0.3 is 0 Å². The van der Waals surface area contributed by atoms with Crippen LogP contribution in [0, 0.1) is 5.41 Å². The molecule has 0 saturated carbocycles. The molecule has 0 atom stereocenters. The fourth-order valence-corrected chi connectivity index (χ4v) is 2.08. The Balaban J connectivity index is 2.26. The summed E-state index contributed by atoms with van der Waals surface area (Å²) in [7, 11) is 0. The van der Waals surface area contributed by atoms with E-state index in [-0.39, 0.29) is 0 Å². The van der Waals surface area contributed by atoms with Crippen molar-refractivity contribution < 1.29 is 0 Å². The third-order valence-electron chi connectivity index (χ3n) is 2.27. The smallest absolute Gasteiger partial charge is 0.0613 e. The van der Waals surface area contributed by atoms with Crippen LogP contribution in [0.2, 0.25) is 0 Å². The molecule has 2 aromatic carbocycles. The van der Waals surface area contributed by atoms with Gasteiger partial charge in [0.25, 0.3) is 0 Å². The Morgan fingerprint density at radius 3 is 2.60 bits per heavy atom. The molecule has 0 heterocycles. The van der Waals surface area contributed by atoms with Crippen LogP contribution in [0.15, 0.2) is 42.5 Å². The average Bonchev–Trinajstić information content (AvgIpc) is 2.26. The molecular formula is C13H13NS. The molecule has 1 N–H and O–H groups in total. The molecule has 2 heteroatoms. The number of fused-ring (bicyclic) bond motifs is 1. The molecule has 1 nitrogen and oxygen atoms in total. The Labute approximate surface area is 94.0 Å². The second-order valence-corrected chi connectivity index (χ2v) is 4.72. The topological polar surface area (TPSA) is 23.9 Å². The fraction of sp³-hybridized carbons (Fsp3) is 0.154. The molecule has 0 aliphatic rings. The van der Waals surface area contributed by atoms with Crippen molar-refractivity contribution in [3.63, 3.8) is 0 Å². The lowest BCUT2D eigenvalue weighted by molar-refractivity contribution is 1.44. The molecule has 0 aromatic heterocycles. The highest BCUT2D eigenvalue weighted by atomic mass is 32.2. The van der Waals surface area contributed by atoms with E-state index in [1.54, 1.807) is 11.8 Å². The second kappa shape index (κ2) is 4.49. The highest BCUT2D eigenvalue weighted by Gasteiger charge is 1.97. The van der Waals surface area contributed by atoms with Gasteiger partial charge in [-0.2, -0.15) is 0 Å². The SMILES string of the molecule is CC(=N)SCc1ccc2ccccc2c1. The van der Waals surface area contributed by atoms with Crippen LogP contribution in [-0.4, -0.2) is 5.04 Å². The summed E-state index contributed by atoms with van der Waals surface area (Å²) in [5.74, 6) is 0.889. The van der Waals surface area contributed by atoms with Gasteiger partial charge in [-0.05, 0) is 23.3 Å². The normalized spacial score (nSPS) is 10.5. The molecule has 0 amide bonds. The van der Waals surface area contributed by atoms with Gasteiger partial charge >= 0.3 is 0 Å². The number of hydrogen-bond donors (Lipinski definition) is 1. The second-order valence-electron chi connectivity index (χ2n) is 3.53. The molecule has 0 unspecified atom stereocenters. The van der Waals surface area contributed by atoms with Gasteiger partial charge in [-0.15, -0.1) is 11.8 Å². The molecule has 0 bridgehead atoms. The van der Waals surface area contributed by atoms with Gasteiger partial charge in [0.05, 0.1) is 5.04 Å². The van der Waals surface area contributed by atoms with Gasteiger partial charge in [-0.1, -0.05) is 42.5 Å². The molecule has 76 valence electrons. The van der Waals surface area contributed by atoms with Crippen LogP contribution in [0.5, 0.6) is 0 Å². The summed E-state index contributed by atoms with van der Waals surface area (Å²) in [6.07, 6.45) is 0. The lowest BCUT2D eigenvalue weighted by Crippen LogP contribution is -1.85. The molecule has 0 aliphatic heterocycles. The molecule has 2 aromatic rings. The first-order valence-corrected chi connectivity index (χ1v) is 5.90. The average molecular weight is 215 g/mol. The number of hydrogen-bond acceptors (Lipinski definition) is 2. The summed E-state index contributed by atoms with van der Waals surface area (Å²) in [6, 6.07) is 14.8. The van der Waals surface area contributed by atoms with Crippen LogP contribution in [-0.2, 0) is 5.75 Å². The van der Waals surface area contributed by atoms with E-state index in [1.165, 1.54) is 16.3 Å². The first kappa shape index (κ1) is 10.2. The predicted molar refractivity (Wildman–Crippen MR) is 68.6 cm³/mol. The molecule has 0 fully saturated rings. The van der Waals surface area contributed by atoms with Gasteiger partial charge in [-0.25, -0.2) is 0 Å². The van der Waals surface area contributed by atoms with Crippen molar-refractivity contribution in [1.82, 2.24) is 0 Å². The lowest BCUT2D eigenvalue weighted by atomic mass is 10.1. The monoisotopic (exact) mass is 215 g/mol. The molecule has 0 aliphatic carbocycles. The number of rotatable bonds is 2. The highest BCUT2D eigenvalue weighted by molar-refractivity contribution is 8.13. The Kier molecular flexibility index (Phi) is 3.07. The van der Waals surface area contributed by atoms with Crippen LogP contribution in [0.1, 0.15) is 12.5 Å². The minimum absolute atomic E-state index is 0.670. The van der Waals surface area contributed by atoms with Crippen LogP contribution >= 0.6 is 11.8 Å². The predicted octanol–water partition coefficient (Wildman–Crippen LogP) is 4.07. The van der Waals surface area contributed by atoms with Gasteiger partial charge in [0, 0.05) is 5.75 Å². The van der Waals surface area contributed by atoms with Crippen LogP contribution < -0.4 is 0 Å². The van der Waals surface area contributed by atoms with Crippen molar-refractivity contribution in [1.29, 1.82) is 5.41 Å². The van der Waals surface area contributed by atoms with Gasteiger partial charge in [0.2, 0.25) is 0 Å². The molecule has 0 radical (unpaired) electrons. The summed E-state index contributed by atoms with van der Waals surface area (Å²) in [5.41, 5.74) is 1.28. The first-order valence-electron chi connectivity index (χ1n) is 4.91. The van der Waals surface area contributed by atoms with E-state index in [4.69, 9.17) is 5.41 Å². The Bertz CT molecular complexity index is 491. The minimum atomic E-state index is 0.670. The molecular weight excluding hydrogens is 202 g/mol. The minimum Gasteiger partial charge on any atom is -0.299 e. The largest absolute Gasteiger partial charge is 0.299 e. The number of nitrogens with one attached hydrogen (secondary N) is 1. The summed E-state index contributed by atoms with van der Waals surface area (Å²) in [4.78, 5) is 0. The maximum Gasteiger partial charge on any atom is 0.0613 e. The van der Waals surface area contributed by atoms with E-state index in [0.717, 1.165) is 5.75 Å². The van der Waals surface area contributed by atoms with E-state index in [9.17, 15) is 0 Å². The van der Waals surface area contributed by atoms with Gasteiger partial charge in [0.15, 0.2) is 0 Å². The van der Waals surface area contributed by atoms with Crippen molar-refractivity contribution >= 4 is 27.6 Å². The van der Waals surface area contributed by atoms with Crippen LogP contribution in [0.25, 0.3) is 10.8 Å². The summed E-state index contributed by atoms with van der Waals surface area (Å²) >= 11 is 1.58. The van der Waals surface area contributed by atoms with Crippen molar-refractivity contribution in [3.8, 4) is 0 Å². The van der Waals surface area contributed by atoms with Crippen LogP contribution in [0.3, 0.4) is 0 Å². The van der Waals surface area contributed by atoms with E-state index in [1.807, 2.05) is 6.92 Å². The standard InChI is InChI=1S/C13H13NS/c1-10(14)15-9-11-6-7-12-4-2-3-5-13(12)8-11/h2-8,14H,9H2,1H3. The maximum atomic E-state index is 7.37. The van der Waals surface area contributed by atoms with Crippen molar-refractivity contribution in [2.45, 2.75) is 12.7 Å². The van der Waals surface area contributed by atoms with Crippen molar-refractivity contribution in [2.24, 2.45) is 0 Å². The lowest BCUT2D eigenvalue weighted by Gasteiger charge is -2.02. The van der Waals surface area contributed by atoms with E-state index < -0.39 is 0 Å². The van der Waals surface area contributed by atoms with Crippen molar-refractivity contribution in [2.75, 3.05) is 0 Å². The third-order valence-corrected chi connectivity index (χ3v) is 3.18. The zero-order valence-electron chi connectivity index (χ0n) is 8.66. The Morgan fingerprint density at radius 1 is 1.13 bits per heavy atom. The fourth-order valence-electron chi connectivity index (χ4n) is 1.52. The zero-order valence-corrected chi connectivity index (χ0v) is 9.47. The van der Waals surface area contributed by atoms with E-state index in [2.05, 4.69) is 42.5 Å². The number of thioether (sulfide) groups is 1. The molecule has 0 spiro atoms. The van der Waals surface area contributed by atoms with Crippen molar-refractivity contribution in [3.05, 3.63) is 48.0 Å². The number of benzene rings is 2. The van der Waals surface area contributed by atoms with E-state index >= 15 is 0 Å². The molecule has 0 saturated heterocycles. The summed E-state index contributed by atoms with van der Waals surface area (Å²) in [5, 5.41) is 10.6. The maximum absolute atomic E-state index is 7.37. The summed E-state index contributed by atoms with van der Waals surface area (Å²) < 4.78 is 0. The third kappa shape index (κ3) is 2.60. The Morgan fingerprint density at radius 2 is 1.87 bits per heavy atom. The quantitative estimate of drug-likeness (QED) is 0.592. The van der Waals surface area contributed by atoms with Gasteiger partial charge in [-0.3, -0.25) is 5.41 Å². The highest BCUT2D eigenvalue weighted by Crippen LogP contribution is 2.19. The first-order chi connectivity index (χ1) is 7.25. The Hall–Kier alpha value is -1.28. The van der Waals surface area contributed by atoms with Gasteiger partial charge in [0.1, 0.15) is 0 Å². The zero-order chi connectivity index (χ0) is 10.7. The van der Waals surface area contributed by atoms with Crippen LogP contribution in [0.4, 0.5) is 0 Å².